The van der Waals surface area contributed by atoms with Gasteiger partial charge in [-0.15, -0.1) is 0 Å². The summed E-state index contributed by atoms with van der Waals surface area (Å²) in [6, 6.07) is 21.1. The minimum absolute atomic E-state index is 0.105. The molecule has 32 heavy (non-hydrogen) atoms. The molecule has 0 atom stereocenters. The molecule has 1 heterocycles. The van der Waals surface area contributed by atoms with Crippen LogP contribution in [0.5, 0.6) is 0 Å². The molecule has 0 saturated carbocycles. The van der Waals surface area contributed by atoms with Gasteiger partial charge in [-0.3, -0.25) is 4.90 Å². The van der Waals surface area contributed by atoms with Crippen molar-refractivity contribution in [3.63, 3.8) is 0 Å². The summed E-state index contributed by atoms with van der Waals surface area (Å²) >= 11 is 0. The Bertz CT molecular complexity index is 820. The molecular formula is C25H34N4O3. The SMILES string of the molecule is CC(C)(C)OC(=O)NCCNC(=O)N1CCN(C(c2ccccc2)c2ccccc2)CC1. The molecule has 2 aromatic rings. The van der Waals surface area contributed by atoms with Crippen LogP contribution in [0.15, 0.2) is 60.7 Å². The molecule has 2 aromatic carbocycles. The molecular weight excluding hydrogens is 404 g/mol. The van der Waals surface area contributed by atoms with E-state index in [1.807, 2.05) is 37.8 Å². The molecule has 172 valence electrons. The molecule has 0 spiro atoms. The molecule has 1 aliphatic heterocycles. The first-order valence-electron chi connectivity index (χ1n) is 11.2. The molecule has 7 heteroatoms. The molecule has 0 radical (unpaired) electrons. The maximum Gasteiger partial charge on any atom is 0.407 e. The van der Waals surface area contributed by atoms with E-state index in [2.05, 4.69) is 64.1 Å². The Morgan fingerprint density at radius 2 is 1.34 bits per heavy atom. The Labute approximate surface area is 190 Å². The van der Waals surface area contributed by atoms with Crippen molar-refractivity contribution in [3.8, 4) is 0 Å². The van der Waals surface area contributed by atoms with Crippen LogP contribution in [0.3, 0.4) is 0 Å². The van der Waals surface area contributed by atoms with Gasteiger partial charge >= 0.3 is 12.1 Å². The number of urea groups is 1. The van der Waals surface area contributed by atoms with E-state index in [-0.39, 0.29) is 12.1 Å². The quantitative estimate of drug-likeness (QED) is 0.676. The normalized spacial score (nSPS) is 14.8. The average Bonchev–Trinajstić information content (AvgIpc) is 2.77. The molecule has 0 bridgehead atoms. The van der Waals surface area contributed by atoms with Crippen molar-refractivity contribution in [2.45, 2.75) is 32.4 Å². The topological polar surface area (TPSA) is 73.9 Å². The van der Waals surface area contributed by atoms with Crippen molar-refractivity contribution in [2.75, 3.05) is 39.3 Å². The van der Waals surface area contributed by atoms with Crippen molar-refractivity contribution >= 4 is 12.1 Å². The van der Waals surface area contributed by atoms with Gasteiger partial charge in [0.05, 0.1) is 6.04 Å². The van der Waals surface area contributed by atoms with Gasteiger partial charge in [0.2, 0.25) is 0 Å². The summed E-state index contributed by atoms with van der Waals surface area (Å²) in [7, 11) is 0. The summed E-state index contributed by atoms with van der Waals surface area (Å²) in [5, 5.41) is 5.53. The van der Waals surface area contributed by atoms with E-state index < -0.39 is 11.7 Å². The highest BCUT2D eigenvalue weighted by Crippen LogP contribution is 2.29. The van der Waals surface area contributed by atoms with Gasteiger partial charge in [0, 0.05) is 39.3 Å². The number of benzene rings is 2. The van der Waals surface area contributed by atoms with Crippen LogP contribution < -0.4 is 10.6 Å². The van der Waals surface area contributed by atoms with Gasteiger partial charge in [0.1, 0.15) is 5.60 Å². The standard InChI is InChI=1S/C25H34N4O3/c1-25(2,3)32-24(31)27-15-14-26-23(30)29-18-16-28(17-19-29)22(20-10-6-4-7-11-20)21-12-8-5-9-13-21/h4-13,22H,14-19H2,1-3H3,(H,26,30)(H,27,31). The molecule has 2 N–H and O–H groups in total. The second kappa shape index (κ2) is 11.0. The van der Waals surface area contributed by atoms with Crippen LogP contribution in [-0.4, -0.2) is 66.8 Å². The highest BCUT2D eigenvalue weighted by atomic mass is 16.6. The van der Waals surface area contributed by atoms with E-state index in [0.29, 0.717) is 26.2 Å². The van der Waals surface area contributed by atoms with Gasteiger partial charge in [-0.25, -0.2) is 9.59 Å². The van der Waals surface area contributed by atoms with Gasteiger partial charge in [0.15, 0.2) is 0 Å². The first-order valence-corrected chi connectivity index (χ1v) is 11.2. The fraction of sp³-hybridized carbons (Fsp3) is 0.440. The van der Waals surface area contributed by atoms with Crippen LogP contribution in [0.4, 0.5) is 9.59 Å². The number of alkyl carbamates (subject to hydrolysis) is 1. The lowest BCUT2D eigenvalue weighted by Gasteiger charge is -2.39. The van der Waals surface area contributed by atoms with Crippen molar-refractivity contribution in [2.24, 2.45) is 0 Å². The smallest absolute Gasteiger partial charge is 0.407 e. The highest BCUT2D eigenvalue weighted by molar-refractivity contribution is 5.74. The van der Waals surface area contributed by atoms with Crippen LogP contribution in [-0.2, 0) is 4.74 Å². The molecule has 0 unspecified atom stereocenters. The maximum atomic E-state index is 12.5. The van der Waals surface area contributed by atoms with Crippen molar-refractivity contribution in [1.29, 1.82) is 0 Å². The zero-order valence-corrected chi connectivity index (χ0v) is 19.2. The average molecular weight is 439 g/mol. The Kier molecular flexibility index (Phi) is 8.11. The number of piperazine rings is 1. The van der Waals surface area contributed by atoms with E-state index >= 15 is 0 Å². The zero-order valence-electron chi connectivity index (χ0n) is 19.2. The lowest BCUT2D eigenvalue weighted by atomic mass is 9.96. The summed E-state index contributed by atoms with van der Waals surface area (Å²) in [6.07, 6.45) is -0.478. The number of amides is 3. The summed E-state index contributed by atoms with van der Waals surface area (Å²) in [5.74, 6) is 0. The zero-order chi connectivity index (χ0) is 23.0. The van der Waals surface area contributed by atoms with E-state index in [1.165, 1.54) is 11.1 Å². The predicted molar refractivity (Wildman–Crippen MR) is 126 cm³/mol. The Hall–Kier alpha value is -3.06. The number of carbonyl (C=O) groups excluding carboxylic acids is 2. The number of ether oxygens (including phenoxy) is 1. The number of rotatable bonds is 6. The minimum atomic E-state index is -0.537. The van der Waals surface area contributed by atoms with E-state index in [4.69, 9.17) is 4.74 Å². The van der Waals surface area contributed by atoms with Gasteiger partial charge in [-0.2, -0.15) is 0 Å². The third-order valence-corrected chi connectivity index (χ3v) is 5.27. The predicted octanol–water partition coefficient (Wildman–Crippen LogP) is 3.63. The lowest BCUT2D eigenvalue weighted by Crippen LogP contribution is -2.53. The third-order valence-electron chi connectivity index (χ3n) is 5.27. The molecule has 0 aliphatic carbocycles. The summed E-state index contributed by atoms with van der Waals surface area (Å²) in [4.78, 5) is 28.5. The number of nitrogens with zero attached hydrogens (tertiary/aromatic N) is 2. The van der Waals surface area contributed by atoms with Crippen LogP contribution >= 0.6 is 0 Å². The van der Waals surface area contributed by atoms with Crippen molar-refractivity contribution in [3.05, 3.63) is 71.8 Å². The molecule has 3 amide bonds. The van der Waals surface area contributed by atoms with E-state index in [9.17, 15) is 9.59 Å². The molecule has 1 aliphatic rings. The first kappa shape index (κ1) is 23.6. The Morgan fingerprint density at radius 1 is 0.844 bits per heavy atom. The second-order valence-corrected chi connectivity index (χ2v) is 8.91. The van der Waals surface area contributed by atoms with Crippen LogP contribution in [0, 0.1) is 0 Å². The maximum absolute atomic E-state index is 12.5. The molecule has 1 saturated heterocycles. The number of nitrogens with one attached hydrogen (secondary N) is 2. The summed E-state index contributed by atoms with van der Waals surface area (Å²) in [5.41, 5.74) is 1.97. The second-order valence-electron chi connectivity index (χ2n) is 8.91. The lowest BCUT2D eigenvalue weighted by molar-refractivity contribution is 0.0527. The van der Waals surface area contributed by atoms with Crippen LogP contribution in [0.2, 0.25) is 0 Å². The van der Waals surface area contributed by atoms with Crippen molar-refractivity contribution < 1.29 is 14.3 Å². The molecule has 3 rings (SSSR count). The largest absolute Gasteiger partial charge is 0.444 e. The number of hydrogen-bond donors (Lipinski definition) is 2. The fourth-order valence-electron chi connectivity index (χ4n) is 3.83. The molecule has 1 fully saturated rings. The van der Waals surface area contributed by atoms with Gasteiger partial charge in [-0.1, -0.05) is 60.7 Å². The van der Waals surface area contributed by atoms with Crippen molar-refractivity contribution in [1.82, 2.24) is 20.4 Å². The van der Waals surface area contributed by atoms with E-state index in [1.54, 1.807) is 0 Å². The first-order chi connectivity index (χ1) is 15.3. The molecule has 0 aromatic heterocycles. The van der Waals surface area contributed by atoms with E-state index in [0.717, 1.165) is 13.1 Å². The van der Waals surface area contributed by atoms with Gasteiger partial charge < -0.3 is 20.3 Å². The van der Waals surface area contributed by atoms with Crippen LogP contribution in [0.1, 0.15) is 37.9 Å². The Morgan fingerprint density at radius 3 is 1.84 bits per heavy atom. The van der Waals surface area contributed by atoms with Gasteiger partial charge in [0.25, 0.3) is 0 Å². The monoisotopic (exact) mass is 438 g/mol. The Balaban J connectivity index is 1.49. The van der Waals surface area contributed by atoms with Crippen LogP contribution in [0.25, 0.3) is 0 Å². The minimum Gasteiger partial charge on any atom is -0.444 e. The molecule has 7 nitrogen and oxygen atoms in total. The summed E-state index contributed by atoms with van der Waals surface area (Å²) in [6.45, 7) is 9.01. The summed E-state index contributed by atoms with van der Waals surface area (Å²) < 4.78 is 5.19. The number of carbonyl (C=O) groups is 2. The van der Waals surface area contributed by atoms with Gasteiger partial charge in [-0.05, 0) is 31.9 Å². The number of hydrogen-bond acceptors (Lipinski definition) is 4. The third kappa shape index (κ3) is 6.99. The fourth-order valence-corrected chi connectivity index (χ4v) is 3.83. The highest BCUT2D eigenvalue weighted by Gasteiger charge is 2.28.